The number of fused-ring (bicyclic) bond motifs is 1. The van der Waals surface area contributed by atoms with Crippen LogP contribution in [0.3, 0.4) is 0 Å². The summed E-state index contributed by atoms with van der Waals surface area (Å²) in [4.78, 5) is 13.5. The summed E-state index contributed by atoms with van der Waals surface area (Å²) in [6.07, 6.45) is 2.09. The van der Waals surface area contributed by atoms with E-state index in [-0.39, 0.29) is 23.8 Å². The molecule has 0 aliphatic carbocycles. The Hall–Kier alpha value is -2.86. The molecule has 0 saturated carbocycles. The van der Waals surface area contributed by atoms with Gasteiger partial charge in [0.15, 0.2) is 17.6 Å². The molecule has 28 heavy (non-hydrogen) atoms. The molecular formula is C22H25FN3O2+. The average molecular weight is 382 g/mol. The Morgan fingerprint density at radius 2 is 2.04 bits per heavy atom. The zero-order valence-electron chi connectivity index (χ0n) is 16.1. The van der Waals surface area contributed by atoms with Crippen molar-refractivity contribution in [2.24, 2.45) is 0 Å². The second kappa shape index (κ2) is 7.64. The Morgan fingerprint density at radius 3 is 2.79 bits per heavy atom. The number of nitrogens with one attached hydrogen (secondary N) is 2. The van der Waals surface area contributed by atoms with E-state index in [9.17, 15) is 9.18 Å². The predicted octanol–water partition coefficient (Wildman–Crippen LogP) is 2.55. The molecular weight excluding hydrogens is 357 g/mol. The van der Waals surface area contributed by atoms with Gasteiger partial charge < -0.3 is 19.2 Å². The van der Waals surface area contributed by atoms with Crippen molar-refractivity contribution in [1.82, 2.24) is 9.88 Å². The van der Waals surface area contributed by atoms with Crippen molar-refractivity contribution in [2.75, 3.05) is 6.54 Å². The molecule has 5 nitrogen and oxygen atoms in total. The number of carbonyl (C=O) groups excluding carboxylic acids is 1. The number of aromatic nitrogens is 1. The second-order valence-corrected chi connectivity index (χ2v) is 7.59. The number of carbonyl (C=O) groups is 1. The largest absolute Gasteiger partial charge is 0.450 e. The van der Waals surface area contributed by atoms with Crippen LogP contribution in [0.15, 0.2) is 59.1 Å². The molecule has 1 amide bonds. The van der Waals surface area contributed by atoms with E-state index >= 15 is 0 Å². The summed E-state index contributed by atoms with van der Waals surface area (Å²) < 4.78 is 21.5. The zero-order valence-corrected chi connectivity index (χ0v) is 16.1. The monoisotopic (exact) mass is 382 g/mol. The summed E-state index contributed by atoms with van der Waals surface area (Å²) in [5, 5.41) is 2.85. The van der Waals surface area contributed by atoms with Crippen LogP contribution < -0.4 is 10.2 Å². The molecule has 2 aromatic heterocycles. The van der Waals surface area contributed by atoms with E-state index in [4.69, 9.17) is 4.42 Å². The molecule has 2 N–H and O–H groups in total. The van der Waals surface area contributed by atoms with Gasteiger partial charge in [-0.15, -0.1) is 0 Å². The highest BCUT2D eigenvalue weighted by Crippen LogP contribution is 2.23. The highest BCUT2D eigenvalue weighted by molar-refractivity contribution is 5.91. The summed E-state index contributed by atoms with van der Waals surface area (Å²) in [6, 6.07) is 14.6. The lowest BCUT2D eigenvalue weighted by Gasteiger charge is -2.33. The third kappa shape index (κ3) is 3.73. The Morgan fingerprint density at radius 1 is 1.25 bits per heavy atom. The molecule has 2 atom stereocenters. The van der Waals surface area contributed by atoms with Gasteiger partial charge >= 0.3 is 0 Å². The van der Waals surface area contributed by atoms with E-state index in [1.165, 1.54) is 22.7 Å². The van der Waals surface area contributed by atoms with Gasteiger partial charge in [-0.3, -0.25) is 4.79 Å². The van der Waals surface area contributed by atoms with Gasteiger partial charge in [0.1, 0.15) is 12.4 Å². The lowest BCUT2D eigenvalue weighted by atomic mass is 9.99. The molecule has 1 aromatic carbocycles. The molecule has 3 aromatic rings. The van der Waals surface area contributed by atoms with Gasteiger partial charge in [-0.05, 0) is 62.4 Å². The van der Waals surface area contributed by atoms with Crippen LogP contribution in [-0.4, -0.2) is 23.1 Å². The maximum Gasteiger partial charge on any atom is 0.287 e. The van der Waals surface area contributed by atoms with E-state index in [2.05, 4.69) is 28.2 Å². The van der Waals surface area contributed by atoms with Crippen molar-refractivity contribution in [3.63, 3.8) is 0 Å². The molecule has 0 spiro atoms. The number of rotatable bonds is 5. The van der Waals surface area contributed by atoms with Crippen LogP contribution in [0.1, 0.15) is 47.5 Å². The van der Waals surface area contributed by atoms with Crippen molar-refractivity contribution in [2.45, 2.75) is 39.0 Å². The van der Waals surface area contributed by atoms with Crippen LogP contribution in [0.2, 0.25) is 0 Å². The van der Waals surface area contributed by atoms with Gasteiger partial charge in [-0.1, -0.05) is 0 Å². The van der Waals surface area contributed by atoms with Crippen LogP contribution in [0.5, 0.6) is 0 Å². The van der Waals surface area contributed by atoms with E-state index in [1.54, 1.807) is 6.07 Å². The predicted molar refractivity (Wildman–Crippen MR) is 104 cm³/mol. The molecule has 0 saturated heterocycles. The Balaban J connectivity index is 1.59. The van der Waals surface area contributed by atoms with Gasteiger partial charge in [0, 0.05) is 17.8 Å². The zero-order chi connectivity index (χ0) is 19.7. The van der Waals surface area contributed by atoms with Gasteiger partial charge in [0.2, 0.25) is 0 Å². The topological polar surface area (TPSA) is 51.6 Å². The Kier molecular flexibility index (Phi) is 5.05. The third-order valence-electron chi connectivity index (χ3n) is 5.15. The first-order chi connectivity index (χ1) is 13.5. The number of amides is 1. The van der Waals surface area contributed by atoms with E-state index in [0.29, 0.717) is 12.3 Å². The van der Waals surface area contributed by atoms with Crippen LogP contribution in [0.4, 0.5) is 4.39 Å². The number of furan rings is 1. The number of hydrogen-bond donors (Lipinski definition) is 2. The van der Waals surface area contributed by atoms with E-state index in [1.807, 2.05) is 32.0 Å². The van der Waals surface area contributed by atoms with Crippen molar-refractivity contribution in [1.29, 1.82) is 0 Å². The fraction of sp³-hybridized carbons (Fsp3) is 0.318. The number of benzene rings is 1. The van der Waals surface area contributed by atoms with Crippen LogP contribution in [0, 0.1) is 5.82 Å². The maximum absolute atomic E-state index is 13.4. The van der Waals surface area contributed by atoms with E-state index in [0.717, 1.165) is 24.4 Å². The molecule has 0 radical (unpaired) electrons. The SMILES string of the molecule is CC(C)NC(=O)c1ccc(C[NH+]2CCn3cccc3[C@@H]2c2ccc(F)cc2)o1. The summed E-state index contributed by atoms with van der Waals surface area (Å²) in [7, 11) is 0. The normalized spacial score (nSPS) is 18.9. The fourth-order valence-corrected chi connectivity index (χ4v) is 3.91. The highest BCUT2D eigenvalue weighted by Gasteiger charge is 2.33. The van der Waals surface area contributed by atoms with Crippen LogP contribution >= 0.6 is 0 Å². The van der Waals surface area contributed by atoms with Crippen molar-refractivity contribution < 1.29 is 18.5 Å². The van der Waals surface area contributed by atoms with Gasteiger partial charge in [-0.25, -0.2) is 4.39 Å². The molecule has 6 heteroatoms. The molecule has 146 valence electrons. The highest BCUT2D eigenvalue weighted by atomic mass is 19.1. The summed E-state index contributed by atoms with van der Waals surface area (Å²) in [5.41, 5.74) is 2.28. The molecule has 1 aliphatic heterocycles. The molecule has 0 bridgehead atoms. The number of nitrogens with zero attached hydrogens (tertiary/aromatic N) is 1. The molecule has 1 unspecified atom stereocenters. The molecule has 1 aliphatic rings. The second-order valence-electron chi connectivity index (χ2n) is 7.59. The minimum absolute atomic E-state index is 0.0596. The van der Waals surface area contributed by atoms with Crippen LogP contribution in [0.25, 0.3) is 0 Å². The van der Waals surface area contributed by atoms with Crippen molar-refractivity contribution in [3.05, 3.63) is 83.3 Å². The number of hydrogen-bond acceptors (Lipinski definition) is 2. The summed E-state index contributed by atoms with van der Waals surface area (Å²) >= 11 is 0. The van der Waals surface area contributed by atoms with E-state index < -0.39 is 0 Å². The standard InChI is InChI=1S/C22H24FN3O2/c1-15(2)24-22(27)20-10-9-18(28-20)14-26-13-12-25-11-3-4-19(25)21(26)16-5-7-17(23)8-6-16/h3-11,15,21H,12-14H2,1-2H3,(H,24,27)/p+1/t21-/m0/s1. The summed E-state index contributed by atoms with van der Waals surface area (Å²) in [6.45, 7) is 6.32. The van der Waals surface area contributed by atoms with Gasteiger partial charge in [0.25, 0.3) is 5.91 Å². The molecule has 0 fully saturated rings. The number of halogens is 1. The molecule has 3 heterocycles. The molecule has 4 rings (SSSR count). The minimum atomic E-state index is -0.233. The third-order valence-corrected chi connectivity index (χ3v) is 5.15. The Bertz CT molecular complexity index is 958. The lowest BCUT2D eigenvalue weighted by molar-refractivity contribution is -0.944. The average Bonchev–Trinajstić information content (AvgIpc) is 3.31. The number of quaternary nitrogens is 1. The van der Waals surface area contributed by atoms with Crippen LogP contribution in [-0.2, 0) is 13.1 Å². The first-order valence-electron chi connectivity index (χ1n) is 9.66. The minimum Gasteiger partial charge on any atom is -0.450 e. The quantitative estimate of drug-likeness (QED) is 0.713. The first-order valence-corrected chi connectivity index (χ1v) is 9.66. The van der Waals surface area contributed by atoms with Gasteiger partial charge in [-0.2, -0.15) is 0 Å². The Labute approximate surface area is 163 Å². The van der Waals surface area contributed by atoms with Crippen molar-refractivity contribution >= 4 is 5.91 Å². The van der Waals surface area contributed by atoms with Crippen molar-refractivity contribution in [3.8, 4) is 0 Å². The maximum atomic E-state index is 13.4. The summed E-state index contributed by atoms with van der Waals surface area (Å²) in [5.74, 6) is 0.681. The smallest absolute Gasteiger partial charge is 0.287 e. The fourth-order valence-electron chi connectivity index (χ4n) is 3.91. The van der Waals surface area contributed by atoms with Gasteiger partial charge in [0.05, 0.1) is 18.8 Å². The lowest BCUT2D eigenvalue weighted by Crippen LogP contribution is -3.12. The first kappa shape index (κ1) is 18.5.